The van der Waals surface area contributed by atoms with Crippen LogP contribution >= 0.6 is 0 Å². The molecule has 0 radical (unpaired) electrons. The first-order chi connectivity index (χ1) is 5.47. The zero-order valence-corrected chi connectivity index (χ0v) is 5.71. The fraction of sp³-hybridized carbons (Fsp3) is 0. The molecule has 2 rings (SSSR count). The smallest absolute Gasteiger partial charge is 0.371 e. The quantitative estimate of drug-likeness (QED) is 0.548. The molecule has 0 saturated heterocycles. The standard InChI is InChI=1S/C7H6N3O/c1-2-4-10(5-3-1)7-9-8-6-11-7/h1-6H/q+1. The van der Waals surface area contributed by atoms with Crippen LogP contribution in [0.25, 0.3) is 6.01 Å². The molecule has 0 aliphatic carbocycles. The maximum absolute atomic E-state index is 4.96. The SMILES string of the molecule is c1cc[n+](-c2nnco2)cc1. The second-order valence-electron chi connectivity index (χ2n) is 2.00. The highest BCUT2D eigenvalue weighted by molar-refractivity contribution is 4.88. The van der Waals surface area contributed by atoms with Crippen molar-refractivity contribution in [1.82, 2.24) is 10.2 Å². The molecule has 0 aliphatic rings. The molecule has 2 aromatic heterocycles. The molecule has 11 heavy (non-hydrogen) atoms. The van der Waals surface area contributed by atoms with E-state index < -0.39 is 0 Å². The van der Waals surface area contributed by atoms with E-state index in [1.807, 2.05) is 30.6 Å². The van der Waals surface area contributed by atoms with Gasteiger partial charge in [0.05, 0.1) is 12.4 Å². The Morgan fingerprint density at radius 3 is 2.64 bits per heavy atom. The molecule has 54 valence electrons. The summed E-state index contributed by atoms with van der Waals surface area (Å²) in [6, 6.07) is 6.19. The molecule has 0 amide bonds. The molecule has 4 heteroatoms. The minimum atomic E-state index is 0.477. The molecule has 0 bridgehead atoms. The fourth-order valence-electron chi connectivity index (χ4n) is 0.806. The van der Waals surface area contributed by atoms with Gasteiger partial charge in [0.1, 0.15) is 5.10 Å². The van der Waals surface area contributed by atoms with Crippen LogP contribution in [-0.2, 0) is 0 Å². The van der Waals surface area contributed by atoms with E-state index in [-0.39, 0.29) is 0 Å². The molecule has 0 aromatic carbocycles. The van der Waals surface area contributed by atoms with E-state index in [1.165, 1.54) is 6.39 Å². The van der Waals surface area contributed by atoms with Gasteiger partial charge in [-0.2, -0.15) is 4.57 Å². The summed E-state index contributed by atoms with van der Waals surface area (Å²) < 4.78 is 6.70. The second-order valence-corrected chi connectivity index (χ2v) is 2.00. The number of hydrogen-bond acceptors (Lipinski definition) is 3. The number of pyridine rings is 1. The largest absolute Gasteiger partial charge is 0.534 e. The van der Waals surface area contributed by atoms with Crippen molar-refractivity contribution in [2.75, 3.05) is 0 Å². The van der Waals surface area contributed by atoms with Crippen molar-refractivity contribution < 1.29 is 8.98 Å². The van der Waals surface area contributed by atoms with Crippen LogP contribution in [0.2, 0.25) is 0 Å². The molecule has 4 nitrogen and oxygen atoms in total. The molecule has 0 N–H and O–H groups in total. The van der Waals surface area contributed by atoms with Crippen LogP contribution in [0.1, 0.15) is 0 Å². The van der Waals surface area contributed by atoms with E-state index in [2.05, 4.69) is 10.2 Å². The van der Waals surface area contributed by atoms with E-state index in [9.17, 15) is 0 Å². The van der Waals surface area contributed by atoms with Crippen LogP contribution in [-0.4, -0.2) is 10.2 Å². The fourth-order valence-corrected chi connectivity index (χ4v) is 0.806. The summed E-state index contributed by atoms with van der Waals surface area (Å²) in [5, 5.41) is 7.29. The van der Waals surface area contributed by atoms with Gasteiger partial charge in [-0.3, -0.25) is 0 Å². The summed E-state index contributed by atoms with van der Waals surface area (Å²) in [5.74, 6) is 0. The molecule has 2 aromatic rings. The van der Waals surface area contributed by atoms with Gasteiger partial charge in [-0.25, -0.2) is 0 Å². The molecule has 0 aliphatic heterocycles. The topological polar surface area (TPSA) is 42.8 Å². The summed E-state index contributed by atoms with van der Waals surface area (Å²) in [6.07, 6.45) is 4.98. The highest BCUT2D eigenvalue weighted by Gasteiger charge is 2.09. The third-order valence-electron chi connectivity index (χ3n) is 1.28. The predicted molar refractivity (Wildman–Crippen MR) is 35.8 cm³/mol. The maximum atomic E-state index is 4.96. The van der Waals surface area contributed by atoms with Crippen molar-refractivity contribution in [2.45, 2.75) is 0 Å². The van der Waals surface area contributed by atoms with Crippen molar-refractivity contribution in [3.8, 4) is 6.01 Å². The number of aromatic nitrogens is 3. The third kappa shape index (κ3) is 1.10. The Labute approximate surface area is 63.1 Å². The Balaban J connectivity index is 2.46. The monoisotopic (exact) mass is 148 g/mol. The van der Waals surface area contributed by atoms with Crippen molar-refractivity contribution >= 4 is 0 Å². The average Bonchev–Trinajstić information content (AvgIpc) is 2.58. The van der Waals surface area contributed by atoms with Crippen LogP contribution < -0.4 is 4.57 Å². The van der Waals surface area contributed by atoms with Crippen LogP contribution in [0.4, 0.5) is 0 Å². The van der Waals surface area contributed by atoms with Crippen molar-refractivity contribution in [3.63, 3.8) is 0 Å². The Hall–Kier alpha value is -1.71. The lowest BCUT2D eigenvalue weighted by molar-refractivity contribution is -0.613. The molecular weight excluding hydrogens is 142 g/mol. The second kappa shape index (κ2) is 2.49. The Bertz CT molecular complexity index is 317. The minimum Gasteiger partial charge on any atom is -0.371 e. The summed E-state index contributed by atoms with van der Waals surface area (Å²) >= 11 is 0. The van der Waals surface area contributed by atoms with E-state index in [0.29, 0.717) is 6.01 Å². The molecule has 0 unspecified atom stereocenters. The van der Waals surface area contributed by atoms with Gasteiger partial charge < -0.3 is 4.42 Å². The molecule has 0 spiro atoms. The van der Waals surface area contributed by atoms with Gasteiger partial charge in [0.2, 0.25) is 6.39 Å². The number of hydrogen-bond donors (Lipinski definition) is 0. The molecule has 0 saturated carbocycles. The molecule has 0 fully saturated rings. The lowest BCUT2D eigenvalue weighted by Gasteiger charge is -1.85. The van der Waals surface area contributed by atoms with Gasteiger partial charge in [0, 0.05) is 0 Å². The van der Waals surface area contributed by atoms with E-state index in [1.54, 1.807) is 4.57 Å². The van der Waals surface area contributed by atoms with Crippen molar-refractivity contribution in [3.05, 3.63) is 37.0 Å². The lowest BCUT2D eigenvalue weighted by Crippen LogP contribution is -2.29. The number of rotatable bonds is 1. The minimum absolute atomic E-state index is 0.477. The van der Waals surface area contributed by atoms with Gasteiger partial charge in [0.25, 0.3) is 0 Å². The lowest BCUT2D eigenvalue weighted by atomic mass is 10.5. The zero-order chi connectivity index (χ0) is 7.52. The van der Waals surface area contributed by atoms with Gasteiger partial charge in [-0.05, 0) is 17.2 Å². The molecular formula is C7H6N3O+. The molecule has 2 heterocycles. The van der Waals surface area contributed by atoms with Crippen molar-refractivity contribution in [2.24, 2.45) is 0 Å². The average molecular weight is 148 g/mol. The zero-order valence-electron chi connectivity index (χ0n) is 5.71. The molecule has 0 atom stereocenters. The predicted octanol–water partition coefficient (Wildman–Crippen LogP) is 0.346. The van der Waals surface area contributed by atoms with E-state index in [4.69, 9.17) is 4.42 Å². The summed E-state index contributed by atoms with van der Waals surface area (Å²) in [4.78, 5) is 0. The van der Waals surface area contributed by atoms with Gasteiger partial charge in [-0.1, -0.05) is 6.07 Å². The Morgan fingerprint density at radius 2 is 2.00 bits per heavy atom. The Kier molecular flexibility index (Phi) is 1.37. The van der Waals surface area contributed by atoms with Crippen LogP contribution in [0.3, 0.4) is 0 Å². The summed E-state index contributed by atoms with van der Waals surface area (Å²) in [7, 11) is 0. The maximum Gasteiger partial charge on any atom is 0.534 e. The van der Waals surface area contributed by atoms with E-state index in [0.717, 1.165) is 0 Å². The van der Waals surface area contributed by atoms with Crippen LogP contribution in [0.15, 0.2) is 41.4 Å². The van der Waals surface area contributed by atoms with Crippen molar-refractivity contribution in [1.29, 1.82) is 0 Å². The highest BCUT2D eigenvalue weighted by Crippen LogP contribution is 1.88. The first-order valence-electron chi connectivity index (χ1n) is 3.19. The summed E-state index contributed by atoms with van der Waals surface area (Å²) in [6.45, 7) is 0. The van der Waals surface area contributed by atoms with Gasteiger partial charge in [0.15, 0.2) is 0 Å². The summed E-state index contributed by atoms with van der Waals surface area (Å²) in [5.41, 5.74) is 0. The third-order valence-corrected chi connectivity index (χ3v) is 1.28. The normalized spacial score (nSPS) is 9.82. The number of nitrogens with zero attached hydrogens (tertiary/aromatic N) is 3. The highest BCUT2D eigenvalue weighted by atomic mass is 16.4. The first kappa shape index (κ1) is 6.03. The van der Waals surface area contributed by atoms with Gasteiger partial charge >= 0.3 is 6.01 Å². The van der Waals surface area contributed by atoms with Crippen LogP contribution in [0, 0.1) is 0 Å². The van der Waals surface area contributed by atoms with Crippen LogP contribution in [0.5, 0.6) is 0 Å². The first-order valence-corrected chi connectivity index (χ1v) is 3.19. The van der Waals surface area contributed by atoms with E-state index >= 15 is 0 Å². The Morgan fingerprint density at radius 1 is 1.18 bits per heavy atom. The van der Waals surface area contributed by atoms with Gasteiger partial charge in [-0.15, -0.1) is 0 Å².